The highest BCUT2D eigenvalue weighted by molar-refractivity contribution is 9.10. The topological polar surface area (TPSA) is 67.4 Å². The number of carbonyl (C=O) groups is 2. The van der Waals surface area contributed by atoms with Gasteiger partial charge in [-0.25, -0.2) is 0 Å². The van der Waals surface area contributed by atoms with Gasteiger partial charge in [-0.3, -0.25) is 20.4 Å². The smallest absolute Gasteiger partial charge is 0.279 e. The Morgan fingerprint density at radius 1 is 1.00 bits per heavy atom. The molecule has 0 saturated carbocycles. The van der Waals surface area contributed by atoms with Crippen molar-refractivity contribution in [3.8, 4) is 5.75 Å². The van der Waals surface area contributed by atoms with Gasteiger partial charge in [-0.2, -0.15) is 0 Å². The van der Waals surface area contributed by atoms with Gasteiger partial charge in [-0.1, -0.05) is 33.6 Å². The molecule has 0 saturated heterocycles. The summed E-state index contributed by atoms with van der Waals surface area (Å²) in [5, 5.41) is 0. The van der Waals surface area contributed by atoms with Crippen LogP contribution in [0.4, 0.5) is 0 Å². The van der Waals surface area contributed by atoms with Crippen LogP contribution in [0, 0.1) is 20.8 Å². The number of halogens is 1. The summed E-state index contributed by atoms with van der Waals surface area (Å²) in [4.78, 5) is 24.2. The number of rotatable bonds is 4. The summed E-state index contributed by atoms with van der Waals surface area (Å²) < 4.78 is 6.72. The third kappa shape index (κ3) is 5.06. The molecule has 2 aromatic carbocycles. The molecule has 2 rings (SSSR count). The lowest BCUT2D eigenvalue weighted by Gasteiger charge is -2.18. The summed E-state index contributed by atoms with van der Waals surface area (Å²) in [5.74, 6) is -0.144. The molecule has 25 heavy (non-hydrogen) atoms. The van der Waals surface area contributed by atoms with E-state index >= 15 is 0 Å². The molecule has 0 radical (unpaired) electrons. The monoisotopic (exact) mass is 404 g/mol. The molecule has 1 unspecified atom stereocenters. The van der Waals surface area contributed by atoms with Gasteiger partial charge < -0.3 is 4.74 Å². The zero-order chi connectivity index (χ0) is 18.6. The summed E-state index contributed by atoms with van der Waals surface area (Å²) >= 11 is 3.43. The number of carbonyl (C=O) groups excluding carboxylic acids is 2. The Morgan fingerprint density at radius 2 is 1.56 bits per heavy atom. The molecule has 5 nitrogen and oxygen atoms in total. The molecule has 0 aliphatic rings. The van der Waals surface area contributed by atoms with Gasteiger partial charge in [0.2, 0.25) is 0 Å². The van der Waals surface area contributed by atoms with Crippen LogP contribution in [0.25, 0.3) is 0 Å². The quantitative estimate of drug-likeness (QED) is 0.764. The van der Waals surface area contributed by atoms with Crippen molar-refractivity contribution in [3.63, 3.8) is 0 Å². The second-order valence-corrected chi connectivity index (χ2v) is 6.85. The number of aryl methyl sites for hydroxylation is 3. The van der Waals surface area contributed by atoms with Gasteiger partial charge >= 0.3 is 0 Å². The maximum atomic E-state index is 12.2. The average Bonchev–Trinajstić information content (AvgIpc) is 2.56. The second-order valence-electron chi connectivity index (χ2n) is 5.94. The molecule has 0 spiro atoms. The minimum atomic E-state index is -0.753. The van der Waals surface area contributed by atoms with Crippen molar-refractivity contribution in [1.29, 1.82) is 0 Å². The van der Waals surface area contributed by atoms with Gasteiger partial charge in [-0.15, -0.1) is 0 Å². The lowest BCUT2D eigenvalue weighted by atomic mass is 10.1. The zero-order valence-electron chi connectivity index (χ0n) is 14.6. The van der Waals surface area contributed by atoms with Crippen LogP contribution in [-0.2, 0) is 4.79 Å². The van der Waals surface area contributed by atoms with Crippen molar-refractivity contribution in [1.82, 2.24) is 10.9 Å². The highest BCUT2D eigenvalue weighted by atomic mass is 79.9. The predicted molar refractivity (Wildman–Crippen MR) is 100 cm³/mol. The Kier molecular flexibility index (Phi) is 6.20. The highest BCUT2D eigenvalue weighted by Gasteiger charge is 2.18. The molecule has 2 aromatic rings. The second kappa shape index (κ2) is 8.16. The molecule has 2 N–H and O–H groups in total. The molecule has 2 amide bonds. The fourth-order valence-electron chi connectivity index (χ4n) is 2.31. The van der Waals surface area contributed by atoms with Crippen LogP contribution in [0.5, 0.6) is 5.75 Å². The molecule has 1 atom stereocenters. The molecular formula is C19H21BrN2O3. The van der Waals surface area contributed by atoms with E-state index in [9.17, 15) is 9.59 Å². The number of ether oxygens (including phenoxy) is 1. The minimum absolute atomic E-state index is 0.378. The summed E-state index contributed by atoms with van der Waals surface area (Å²) in [6, 6.07) is 10.9. The lowest BCUT2D eigenvalue weighted by Crippen LogP contribution is -2.47. The average molecular weight is 405 g/mol. The van der Waals surface area contributed by atoms with Gasteiger partial charge in [0.25, 0.3) is 11.8 Å². The molecule has 0 fully saturated rings. The summed E-state index contributed by atoms with van der Waals surface area (Å²) in [6.45, 7) is 7.40. The summed E-state index contributed by atoms with van der Waals surface area (Å²) in [6.07, 6.45) is -0.753. The van der Waals surface area contributed by atoms with E-state index in [-0.39, 0.29) is 5.91 Å². The van der Waals surface area contributed by atoms with Crippen LogP contribution in [0.15, 0.2) is 40.9 Å². The van der Waals surface area contributed by atoms with Crippen LogP contribution >= 0.6 is 15.9 Å². The van der Waals surface area contributed by atoms with E-state index in [0.717, 1.165) is 21.2 Å². The minimum Gasteiger partial charge on any atom is -0.480 e. The third-order valence-electron chi connectivity index (χ3n) is 3.70. The third-order valence-corrected chi connectivity index (χ3v) is 4.16. The number of amides is 2. The Balaban J connectivity index is 1.94. The van der Waals surface area contributed by atoms with Gasteiger partial charge in [0.15, 0.2) is 6.10 Å². The molecule has 132 valence electrons. The maximum absolute atomic E-state index is 12.2. The number of nitrogens with one attached hydrogen (secondary N) is 2. The van der Waals surface area contributed by atoms with E-state index in [1.54, 1.807) is 19.1 Å². The first-order valence-electron chi connectivity index (χ1n) is 7.88. The van der Waals surface area contributed by atoms with Gasteiger partial charge in [0.1, 0.15) is 5.75 Å². The van der Waals surface area contributed by atoms with E-state index in [0.29, 0.717) is 11.3 Å². The van der Waals surface area contributed by atoms with E-state index in [1.807, 2.05) is 45.0 Å². The largest absolute Gasteiger partial charge is 0.480 e. The highest BCUT2D eigenvalue weighted by Crippen LogP contribution is 2.28. The number of benzene rings is 2. The zero-order valence-corrected chi connectivity index (χ0v) is 16.2. The van der Waals surface area contributed by atoms with Crippen LogP contribution in [0.3, 0.4) is 0 Å². The van der Waals surface area contributed by atoms with E-state index in [4.69, 9.17) is 4.74 Å². The standard InChI is InChI=1S/C19H21BrN2O3/c1-11-5-7-15(8-6-11)19(24)22-21-18(23)14(4)25-17-12(2)9-16(20)10-13(17)3/h5-10,14H,1-4H3,(H,21,23)(H,22,24). The van der Waals surface area contributed by atoms with Crippen molar-refractivity contribution >= 4 is 27.7 Å². The van der Waals surface area contributed by atoms with E-state index in [1.165, 1.54) is 0 Å². The van der Waals surface area contributed by atoms with E-state index in [2.05, 4.69) is 26.8 Å². The number of hydrogen-bond acceptors (Lipinski definition) is 3. The Hall–Kier alpha value is -2.34. The normalized spacial score (nSPS) is 11.6. The Bertz CT molecular complexity index is 765. The molecule has 0 aliphatic carbocycles. The molecule has 6 heteroatoms. The first-order valence-corrected chi connectivity index (χ1v) is 8.67. The first-order chi connectivity index (χ1) is 11.8. The summed E-state index contributed by atoms with van der Waals surface area (Å²) in [5.41, 5.74) is 8.17. The van der Waals surface area contributed by atoms with Crippen LogP contribution in [0.1, 0.15) is 34.0 Å². The van der Waals surface area contributed by atoms with Gasteiger partial charge in [0, 0.05) is 10.0 Å². The predicted octanol–water partition coefficient (Wildman–Crippen LogP) is 3.60. The van der Waals surface area contributed by atoms with Crippen LogP contribution in [-0.4, -0.2) is 17.9 Å². The molecule has 0 aliphatic heterocycles. The molecular weight excluding hydrogens is 384 g/mol. The van der Waals surface area contributed by atoms with Gasteiger partial charge in [0.05, 0.1) is 0 Å². The van der Waals surface area contributed by atoms with E-state index < -0.39 is 12.0 Å². The van der Waals surface area contributed by atoms with Crippen molar-refractivity contribution in [2.45, 2.75) is 33.8 Å². The number of hydrogen-bond donors (Lipinski definition) is 2. The van der Waals surface area contributed by atoms with Crippen molar-refractivity contribution in [3.05, 3.63) is 63.1 Å². The summed E-state index contributed by atoms with van der Waals surface area (Å²) in [7, 11) is 0. The molecule has 0 bridgehead atoms. The maximum Gasteiger partial charge on any atom is 0.279 e. The van der Waals surface area contributed by atoms with Crippen molar-refractivity contribution in [2.75, 3.05) is 0 Å². The van der Waals surface area contributed by atoms with Crippen LogP contribution in [0.2, 0.25) is 0 Å². The Labute approximate surface area is 155 Å². The number of hydrazine groups is 1. The fourth-order valence-corrected chi connectivity index (χ4v) is 3.00. The molecule has 0 heterocycles. The van der Waals surface area contributed by atoms with Crippen LogP contribution < -0.4 is 15.6 Å². The molecule has 0 aromatic heterocycles. The first kappa shape index (κ1) is 19.0. The van der Waals surface area contributed by atoms with Crippen molar-refractivity contribution < 1.29 is 14.3 Å². The lowest BCUT2D eigenvalue weighted by molar-refractivity contribution is -0.128. The fraction of sp³-hybridized carbons (Fsp3) is 0.263. The van der Waals surface area contributed by atoms with Gasteiger partial charge in [-0.05, 0) is 63.1 Å². The Morgan fingerprint density at radius 3 is 2.12 bits per heavy atom. The SMILES string of the molecule is Cc1ccc(C(=O)NNC(=O)C(C)Oc2c(C)cc(Br)cc2C)cc1. The van der Waals surface area contributed by atoms with Crippen molar-refractivity contribution in [2.24, 2.45) is 0 Å².